The number of aromatic amines is 1. The predicted octanol–water partition coefficient (Wildman–Crippen LogP) is 3.41. The van der Waals surface area contributed by atoms with Crippen LogP contribution in [0.1, 0.15) is 49.0 Å². The fourth-order valence-corrected chi connectivity index (χ4v) is 6.37. The molecule has 4 saturated carbocycles. The molecule has 0 radical (unpaired) electrons. The van der Waals surface area contributed by atoms with Crippen molar-refractivity contribution < 1.29 is 14.3 Å². The van der Waals surface area contributed by atoms with E-state index in [0.717, 1.165) is 36.6 Å². The minimum Gasteiger partial charge on any atom is -0.469 e. The summed E-state index contributed by atoms with van der Waals surface area (Å²) in [7, 11) is 1.48. The normalized spacial score (nSPS) is 34.8. The van der Waals surface area contributed by atoms with Crippen LogP contribution < -0.4 is 5.32 Å². The predicted molar refractivity (Wildman–Crippen MR) is 97.6 cm³/mol. The van der Waals surface area contributed by atoms with Crippen LogP contribution in [0.5, 0.6) is 0 Å². The number of esters is 1. The summed E-state index contributed by atoms with van der Waals surface area (Å²) in [5, 5.41) is 4.36. The van der Waals surface area contributed by atoms with E-state index >= 15 is 0 Å². The Kier molecular flexibility index (Phi) is 3.27. The summed E-state index contributed by atoms with van der Waals surface area (Å²) in [5.41, 5.74) is 0.891. The second-order valence-corrected chi connectivity index (χ2v) is 8.74. The van der Waals surface area contributed by atoms with Gasteiger partial charge >= 0.3 is 5.97 Å². The van der Waals surface area contributed by atoms with E-state index in [0.29, 0.717) is 24.0 Å². The Hall–Kier alpha value is -2.30. The van der Waals surface area contributed by atoms with E-state index in [9.17, 15) is 9.59 Å². The highest BCUT2D eigenvalue weighted by Gasteiger charge is 2.61. The van der Waals surface area contributed by atoms with Crippen molar-refractivity contribution in [3.05, 3.63) is 36.0 Å². The van der Waals surface area contributed by atoms with Crippen LogP contribution in [0.3, 0.4) is 0 Å². The lowest BCUT2D eigenvalue weighted by Gasteiger charge is -2.60. The van der Waals surface area contributed by atoms with E-state index in [1.165, 1.54) is 13.5 Å². The van der Waals surface area contributed by atoms with E-state index < -0.39 is 5.41 Å². The number of hydrogen-bond acceptors (Lipinski definition) is 3. The summed E-state index contributed by atoms with van der Waals surface area (Å²) in [6, 6.07) is 9.81. The van der Waals surface area contributed by atoms with Crippen molar-refractivity contribution in [1.29, 1.82) is 0 Å². The van der Waals surface area contributed by atoms with E-state index in [4.69, 9.17) is 4.74 Å². The molecular formula is C21H24N2O3. The lowest BCUT2D eigenvalue weighted by Crippen LogP contribution is -2.64. The van der Waals surface area contributed by atoms with Gasteiger partial charge in [0.15, 0.2) is 0 Å². The van der Waals surface area contributed by atoms with Crippen molar-refractivity contribution in [2.45, 2.75) is 44.1 Å². The van der Waals surface area contributed by atoms with Crippen molar-refractivity contribution in [2.75, 3.05) is 7.11 Å². The molecule has 6 rings (SSSR count). The van der Waals surface area contributed by atoms with Gasteiger partial charge in [-0.2, -0.15) is 0 Å². The van der Waals surface area contributed by atoms with Gasteiger partial charge in [0, 0.05) is 16.4 Å². The molecule has 0 aliphatic heterocycles. The Morgan fingerprint density at radius 3 is 2.58 bits per heavy atom. The SMILES string of the molecule is COC(=O)C12C[C@@H]3C[C@@H](CC(NC(=O)c4cc5ccccc5[nH]4)(C3)C1)C2. The van der Waals surface area contributed by atoms with Crippen LogP contribution in [0.4, 0.5) is 0 Å². The number of rotatable bonds is 3. The molecular weight excluding hydrogens is 328 g/mol. The van der Waals surface area contributed by atoms with Crippen molar-refractivity contribution in [1.82, 2.24) is 10.3 Å². The van der Waals surface area contributed by atoms with Gasteiger partial charge in [-0.25, -0.2) is 0 Å². The molecule has 4 fully saturated rings. The maximum absolute atomic E-state index is 13.0. The smallest absolute Gasteiger partial charge is 0.311 e. The fraction of sp³-hybridized carbons (Fsp3) is 0.524. The van der Waals surface area contributed by atoms with Gasteiger partial charge in [-0.15, -0.1) is 0 Å². The number of hydrogen-bond donors (Lipinski definition) is 2. The molecule has 5 nitrogen and oxygen atoms in total. The molecule has 1 aromatic heterocycles. The Bertz CT molecular complexity index is 853. The van der Waals surface area contributed by atoms with Gasteiger partial charge in [-0.1, -0.05) is 18.2 Å². The van der Waals surface area contributed by atoms with Gasteiger partial charge in [0.25, 0.3) is 5.91 Å². The van der Waals surface area contributed by atoms with Crippen LogP contribution in [0, 0.1) is 17.3 Å². The molecule has 4 atom stereocenters. The first-order valence-electron chi connectivity index (χ1n) is 9.50. The Morgan fingerprint density at radius 1 is 1.15 bits per heavy atom. The summed E-state index contributed by atoms with van der Waals surface area (Å²) in [5.74, 6) is 0.871. The fourth-order valence-electron chi connectivity index (χ4n) is 6.37. The third-order valence-electron chi connectivity index (χ3n) is 6.83. The van der Waals surface area contributed by atoms with Crippen LogP contribution in [0.15, 0.2) is 30.3 Å². The molecule has 4 aliphatic carbocycles. The van der Waals surface area contributed by atoms with Crippen molar-refractivity contribution >= 4 is 22.8 Å². The third-order valence-corrected chi connectivity index (χ3v) is 6.83. The quantitative estimate of drug-likeness (QED) is 0.832. The molecule has 2 aromatic rings. The van der Waals surface area contributed by atoms with Crippen LogP contribution >= 0.6 is 0 Å². The lowest BCUT2D eigenvalue weighted by atomic mass is 9.47. The monoisotopic (exact) mass is 352 g/mol. The standard InChI is InChI=1S/C21H24N2O3/c1-26-19(25)20-8-13-6-14(9-20)11-21(10-13,12-20)23-18(24)17-7-15-4-2-3-5-16(15)22-17/h2-5,7,13-14,22H,6,8-12H2,1H3,(H,23,24)/t13-,14+,20?,21?. The van der Waals surface area contributed by atoms with Crippen LogP contribution in [-0.4, -0.2) is 29.5 Å². The highest BCUT2D eigenvalue weighted by molar-refractivity contribution is 5.98. The van der Waals surface area contributed by atoms with Gasteiger partial charge in [-0.05, 0) is 62.5 Å². The van der Waals surface area contributed by atoms with E-state index in [2.05, 4.69) is 10.3 Å². The zero-order valence-corrected chi connectivity index (χ0v) is 15.0. The number of carbonyl (C=O) groups is 2. The summed E-state index contributed by atoms with van der Waals surface area (Å²) in [6.07, 6.45) is 5.69. The Balaban J connectivity index is 1.44. The minimum atomic E-state index is -0.396. The topological polar surface area (TPSA) is 71.2 Å². The molecule has 1 heterocycles. The number of methoxy groups -OCH3 is 1. The van der Waals surface area contributed by atoms with E-state index in [-0.39, 0.29) is 17.4 Å². The van der Waals surface area contributed by atoms with Gasteiger partial charge in [0.2, 0.25) is 0 Å². The number of carbonyl (C=O) groups excluding carboxylic acids is 2. The molecule has 2 N–H and O–H groups in total. The highest BCUT2D eigenvalue weighted by Crippen LogP contribution is 2.62. The molecule has 136 valence electrons. The number of aromatic nitrogens is 1. The number of ether oxygens (including phenoxy) is 1. The number of benzene rings is 1. The summed E-state index contributed by atoms with van der Waals surface area (Å²) in [4.78, 5) is 28.7. The van der Waals surface area contributed by atoms with Gasteiger partial charge in [-0.3, -0.25) is 9.59 Å². The van der Waals surface area contributed by atoms with E-state index in [1.807, 2.05) is 30.3 Å². The summed E-state index contributed by atoms with van der Waals surface area (Å²) < 4.78 is 5.15. The molecule has 0 saturated heterocycles. The molecule has 4 aliphatic rings. The van der Waals surface area contributed by atoms with Gasteiger partial charge < -0.3 is 15.0 Å². The zero-order chi connectivity index (χ0) is 17.9. The molecule has 0 spiro atoms. The summed E-state index contributed by atoms with van der Waals surface area (Å²) >= 11 is 0. The Morgan fingerprint density at radius 2 is 1.88 bits per heavy atom. The van der Waals surface area contributed by atoms with E-state index in [1.54, 1.807) is 0 Å². The van der Waals surface area contributed by atoms with Gasteiger partial charge in [0.05, 0.1) is 12.5 Å². The lowest BCUT2D eigenvalue weighted by molar-refractivity contribution is -0.171. The van der Waals surface area contributed by atoms with Crippen LogP contribution in [-0.2, 0) is 9.53 Å². The van der Waals surface area contributed by atoms with Crippen LogP contribution in [0.2, 0.25) is 0 Å². The number of fused-ring (bicyclic) bond motifs is 1. The van der Waals surface area contributed by atoms with Gasteiger partial charge in [0.1, 0.15) is 5.69 Å². The maximum Gasteiger partial charge on any atom is 0.311 e. The number of nitrogens with one attached hydrogen (secondary N) is 2. The van der Waals surface area contributed by atoms with Crippen molar-refractivity contribution in [2.24, 2.45) is 17.3 Å². The molecule has 1 aromatic carbocycles. The number of para-hydroxylation sites is 1. The average Bonchev–Trinajstić information content (AvgIpc) is 3.04. The second-order valence-electron chi connectivity index (χ2n) is 8.74. The first-order chi connectivity index (χ1) is 12.5. The molecule has 2 unspecified atom stereocenters. The molecule has 5 heteroatoms. The minimum absolute atomic E-state index is 0.0665. The molecule has 1 amide bonds. The number of amides is 1. The summed E-state index contributed by atoms with van der Waals surface area (Å²) in [6.45, 7) is 0. The first-order valence-corrected chi connectivity index (χ1v) is 9.50. The first kappa shape index (κ1) is 15.9. The second kappa shape index (κ2) is 5.35. The highest BCUT2D eigenvalue weighted by atomic mass is 16.5. The maximum atomic E-state index is 13.0. The van der Waals surface area contributed by atoms with Crippen molar-refractivity contribution in [3.63, 3.8) is 0 Å². The molecule has 4 bridgehead atoms. The van der Waals surface area contributed by atoms with Crippen LogP contribution in [0.25, 0.3) is 10.9 Å². The largest absolute Gasteiger partial charge is 0.469 e. The zero-order valence-electron chi connectivity index (χ0n) is 15.0. The molecule has 26 heavy (non-hydrogen) atoms. The average molecular weight is 352 g/mol. The third kappa shape index (κ3) is 2.29. The van der Waals surface area contributed by atoms with Crippen molar-refractivity contribution in [3.8, 4) is 0 Å². The number of H-pyrrole nitrogens is 1. The Labute approximate surface area is 152 Å².